The number of terminal acetylenes is 1. The molecule has 0 N–H and O–H groups in total. The van der Waals surface area contributed by atoms with E-state index >= 15 is 0 Å². The van der Waals surface area contributed by atoms with E-state index in [0.29, 0.717) is 0 Å². The smallest absolute Gasteiger partial charge is 0.134 e. The van der Waals surface area contributed by atoms with Crippen molar-refractivity contribution in [3.8, 4) is 23.5 Å². The van der Waals surface area contributed by atoms with Gasteiger partial charge in [0.1, 0.15) is 11.3 Å². The molecule has 1 atom stereocenters. The molecule has 0 spiro atoms. The quantitative estimate of drug-likeness (QED) is 0.207. The van der Waals surface area contributed by atoms with Crippen LogP contribution in [0.5, 0.6) is 0 Å². The standard InChI is InChI=1S/C40H32O/c1-3-30(31-15-8-5-9-16-31)27-37(32-17-10-6-11-18-32)35-20-13-19-33(26-35)34-23-25-40-38(28-34)36-21-12-4-7-14-29(2)22-24-39(36)41-40/h1,4-20,23,25-28,30H,2,21-22,24H2/b12-4-,14-7-,37-27+. The Bertz CT molecular complexity index is 1820. The van der Waals surface area contributed by atoms with Crippen molar-refractivity contribution in [1.82, 2.24) is 0 Å². The van der Waals surface area contributed by atoms with Gasteiger partial charge in [-0.1, -0.05) is 133 Å². The van der Waals surface area contributed by atoms with Gasteiger partial charge in [0.15, 0.2) is 0 Å². The van der Waals surface area contributed by atoms with Crippen LogP contribution in [0.2, 0.25) is 0 Å². The fraction of sp³-hybridized carbons (Fsp3) is 0.100. The van der Waals surface area contributed by atoms with Crippen molar-refractivity contribution in [2.24, 2.45) is 0 Å². The molecular weight excluding hydrogens is 496 g/mol. The van der Waals surface area contributed by atoms with Gasteiger partial charge in [0.2, 0.25) is 0 Å². The van der Waals surface area contributed by atoms with E-state index in [1.54, 1.807) is 0 Å². The van der Waals surface area contributed by atoms with Gasteiger partial charge in [-0.2, -0.15) is 0 Å². The summed E-state index contributed by atoms with van der Waals surface area (Å²) >= 11 is 0. The lowest BCUT2D eigenvalue weighted by molar-refractivity contribution is 0.542. The Kier molecular flexibility index (Phi) is 7.65. The highest BCUT2D eigenvalue weighted by Gasteiger charge is 2.16. The lowest BCUT2D eigenvalue weighted by Crippen LogP contribution is -1.96. The number of rotatable bonds is 5. The second kappa shape index (κ2) is 12.0. The summed E-state index contributed by atoms with van der Waals surface area (Å²) in [5.74, 6) is 3.92. The molecule has 0 saturated heterocycles. The Labute approximate surface area is 242 Å². The first-order valence-corrected chi connectivity index (χ1v) is 14.1. The number of hydrogen-bond acceptors (Lipinski definition) is 1. The summed E-state index contributed by atoms with van der Waals surface area (Å²) in [6, 6.07) is 36.1. The van der Waals surface area contributed by atoms with Crippen LogP contribution < -0.4 is 0 Å². The van der Waals surface area contributed by atoms with Gasteiger partial charge in [0, 0.05) is 17.4 Å². The number of hydrogen-bond donors (Lipinski definition) is 0. The summed E-state index contributed by atoms with van der Waals surface area (Å²) in [6.45, 7) is 4.18. The predicted octanol–water partition coefficient (Wildman–Crippen LogP) is 10.1. The molecule has 1 unspecified atom stereocenters. The lowest BCUT2D eigenvalue weighted by Gasteiger charge is -2.14. The van der Waals surface area contributed by atoms with E-state index in [4.69, 9.17) is 10.8 Å². The highest BCUT2D eigenvalue weighted by Crippen LogP contribution is 2.35. The summed E-state index contributed by atoms with van der Waals surface area (Å²) in [5, 5.41) is 1.18. The van der Waals surface area contributed by atoms with Gasteiger partial charge in [-0.15, -0.1) is 6.42 Å². The van der Waals surface area contributed by atoms with E-state index < -0.39 is 0 Å². The molecule has 6 rings (SSSR count). The van der Waals surface area contributed by atoms with E-state index in [2.05, 4.69) is 122 Å². The summed E-state index contributed by atoms with van der Waals surface area (Å²) in [4.78, 5) is 0. The molecule has 1 heterocycles. The fourth-order valence-electron chi connectivity index (χ4n) is 5.53. The third-order valence-corrected chi connectivity index (χ3v) is 7.71. The molecule has 41 heavy (non-hydrogen) atoms. The molecule has 198 valence electrons. The van der Waals surface area contributed by atoms with Gasteiger partial charge in [-0.05, 0) is 64.4 Å². The molecular formula is C40H32O. The van der Waals surface area contributed by atoms with Crippen LogP contribution >= 0.6 is 0 Å². The minimum atomic E-state index is -0.135. The van der Waals surface area contributed by atoms with Gasteiger partial charge in [0.05, 0.1) is 5.92 Å². The van der Waals surface area contributed by atoms with Crippen molar-refractivity contribution in [3.05, 3.63) is 174 Å². The summed E-state index contributed by atoms with van der Waals surface area (Å²) in [7, 11) is 0. The van der Waals surface area contributed by atoms with Crippen molar-refractivity contribution >= 4 is 16.5 Å². The minimum absolute atomic E-state index is 0.135. The molecule has 0 saturated carbocycles. The van der Waals surface area contributed by atoms with Crippen molar-refractivity contribution < 1.29 is 4.42 Å². The van der Waals surface area contributed by atoms with Crippen LogP contribution in [0, 0.1) is 12.3 Å². The molecule has 5 aromatic rings. The van der Waals surface area contributed by atoms with Crippen molar-refractivity contribution in [2.75, 3.05) is 0 Å². The number of fused-ring (bicyclic) bond motifs is 3. The van der Waals surface area contributed by atoms with E-state index in [-0.39, 0.29) is 5.92 Å². The Morgan fingerprint density at radius 2 is 1.56 bits per heavy atom. The molecule has 1 heteroatoms. The zero-order valence-electron chi connectivity index (χ0n) is 23.1. The van der Waals surface area contributed by atoms with Crippen LogP contribution in [0.25, 0.3) is 27.7 Å². The summed E-state index contributed by atoms with van der Waals surface area (Å²) in [6.07, 6.45) is 19.3. The molecule has 0 radical (unpaired) electrons. The van der Waals surface area contributed by atoms with E-state index in [1.807, 2.05) is 24.3 Å². The average Bonchev–Trinajstić information content (AvgIpc) is 3.38. The Morgan fingerprint density at radius 3 is 2.37 bits per heavy atom. The molecule has 1 aliphatic carbocycles. The maximum Gasteiger partial charge on any atom is 0.134 e. The zero-order valence-corrected chi connectivity index (χ0v) is 23.1. The highest BCUT2D eigenvalue weighted by atomic mass is 16.3. The second-order valence-corrected chi connectivity index (χ2v) is 10.4. The topological polar surface area (TPSA) is 13.1 Å². The van der Waals surface area contributed by atoms with Gasteiger partial charge in [-0.3, -0.25) is 0 Å². The van der Waals surface area contributed by atoms with Gasteiger partial charge < -0.3 is 4.42 Å². The highest BCUT2D eigenvalue weighted by molar-refractivity contribution is 5.89. The minimum Gasteiger partial charge on any atom is -0.461 e. The average molecular weight is 529 g/mol. The Balaban J connectivity index is 1.43. The first-order valence-electron chi connectivity index (χ1n) is 14.1. The lowest BCUT2D eigenvalue weighted by atomic mass is 9.89. The molecule has 0 bridgehead atoms. The molecule has 1 aromatic heterocycles. The van der Waals surface area contributed by atoms with Crippen molar-refractivity contribution in [3.63, 3.8) is 0 Å². The normalized spacial score (nSPS) is 16.0. The molecule has 0 amide bonds. The third-order valence-electron chi connectivity index (χ3n) is 7.71. The third kappa shape index (κ3) is 5.79. The number of furan rings is 1. The number of benzene rings is 4. The largest absolute Gasteiger partial charge is 0.461 e. The SMILES string of the molecule is C#CC(/C=C(\c1ccccc1)c1cccc(-c2ccc3oc4c(c3c2)C/C=C\C=C/C(=C)CC4)c1)c1ccccc1. The monoisotopic (exact) mass is 528 g/mol. The van der Waals surface area contributed by atoms with Gasteiger partial charge in [-0.25, -0.2) is 0 Å². The van der Waals surface area contributed by atoms with E-state index in [1.165, 1.54) is 10.9 Å². The van der Waals surface area contributed by atoms with Crippen LogP contribution in [0.15, 0.2) is 150 Å². The Hall–Kier alpha value is -5.06. The first-order chi connectivity index (χ1) is 20.2. The summed E-state index contributed by atoms with van der Waals surface area (Å²) in [5.41, 5.74) is 10.1. The van der Waals surface area contributed by atoms with Crippen LogP contribution in [0.4, 0.5) is 0 Å². The van der Waals surface area contributed by atoms with Crippen molar-refractivity contribution in [1.29, 1.82) is 0 Å². The van der Waals surface area contributed by atoms with Gasteiger partial charge in [0.25, 0.3) is 0 Å². The maximum absolute atomic E-state index is 6.35. The maximum atomic E-state index is 6.35. The van der Waals surface area contributed by atoms with E-state index in [0.717, 1.165) is 69.6 Å². The van der Waals surface area contributed by atoms with E-state index in [9.17, 15) is 0 Å². The fourth-order valence-corrected chi connectivity index (χ4v) is 5.53. The molecule has 0 aliphatic heterocycles. The predicted molar refractivity (Wildman–Crippen MR) is 173 cm³/mol. The zero-order chi connectivity index (χ0) is 28.0. The van der Waals surface area contributed by atoms with Gasteiger partial charge >= 0.3 is 0 Å². The molecule has 0 fully saturated rings. The Morgan fingerprint density at radius 1 is 0.805 bits per heavy atom. The second-order valence-electron chi connectivity index (χ2n) is 10.4. The first kappa shape index (κ1) is 26.2. The van der Waals surface area contributed by atoms with Crippen LogP contribution in [-0.2, 0) is 12.8 Å². The molecule has 1 nitrogen and oxygen atoms in total. The van der Waals surface area contributed by atoms with Crippen molar-refractivity contribution in [2.45, 2.75) is 25.2 Å². The number of aryl methyl sites for hydroxylation is 1. The number of allylic oxidation sites excluding steroid dienone is 6. The summed E-state index contributed by atoms with van der Waals surface area (Å²) < 4.78 is 6.35. The molecule has 4 aromatic carbocycles. The van der Waals surface area contributed by atoms with Crippen LogP contribution in [0.3, 0.4) is 0 Å². The van der Waals surface area contributed by atoms with Crippen LogP contribution in [0.1, 0.15) is 40.4 Å². The van der Waals surface area contributed by atoms with Crippen LogP contribution in [-0.4, -0.2) is 0 Å². The molecule has 1 aliphatic rings.